The van der Waals surface area contributed by atoms with Crippen LogP contribution in [0.3, 0.4) is 0 Å². The largest absolute Gasteiger partial charge is 0.481 e. The van der Waals surface area contributed by atoms with Gasteiger partial charge >= 0.3 is 0 Å². The van der Waals surface area contributed by atoms with Crippen LogP contribution in [-0.4, -0.2) is 53.1 Å². The molecule has 1 fully saturated rings. The molecule has 6 nitrogen and oxygen atoms in total. The van der Waals surface area contributed by atoms with Gasteiger partial charge in [0.1, 0.15) is 5.82 Å². The van der Waals surface area contributed by atoms with E-state index in [0.29, 0.717) is 13.1 Å². The molecule has 0 radical (unpaired) electrons. The van der Waals surface area contributed by atoms with E-state index in [1.807, 2.05) is 0 Å². The zero-order valence-corrected chi connectivity index (χ0v) is 15.2. The van der Waals surface area contributed by atoms with E-state index in [4.69, 9.17) is 4.74 Å². The Morgan fingerprint density at radius 2 is 1.96 bits per heavy atom. The van der Waals surface area contributed by atoms with Gasteiger partial charge in [-0.2, -0.15) is 0 Å². The van der Waals surface area contributed by atoms with Gasteiger partial charge in [-0.25, -0.2) is 13.8 Å². The third-order valence-corrected chi connectivity index (χ3v) is 5.13. The third kappa shape index (κ3) is 2.98. The number of hydrogen-bond acceptors (Lipinski definition) is 5. The molecule has 1 aromatic heterocycles. The molecule has 2 aliphatic heterocycles. The summed E-state index contributed by atoms with van der Waals surface area (Å²) in [4.78, 5) is 25.2. The number of carbonyl (C=O) groups is 1. The van der Waals surface area contributed by atoms with Crippen molar-refractivity contribution in [3.05, 3.63) is 47.9 Å². The van der Waals surface area contributed by atoms with Gasteiger partial charge < -0.3 is 14.5 Å². The maximum absolute atomic E-state index is 13.6. The molecule has 1 aromatic carbocycles. The van der Waals surface area contributed by atoms with Gasteiger partial charge in [0, 0.05) is 44.1 Å². The summed E-state index contributed by atoms with van der Waals surface area (Å²) in [7, 11) is 0. The first kappa shape index (κ1) is 17.6. The van der Waals surface area contributed by atoms with Crippen molar-refractivity contribution in [3.63, 3.8) is 0 Å². The number of amides is 1. The van der Waals surface area contributed by atoms with Crippen LogP contribution in [0.1, 0.15) is 19.5 Å². The zero-order chi connectivity index (χ0) is 19.2. The van der Waals surface area contributed by atoms with Crippen LogP contribution in [0.25, 0.3) is 0 Å². The van der Waals surface area contributed by atoms with Gasteiger partial charge in [0.05, 0.1) is 11.1 Å². The zero-order valence-electron chi connectivity index (χ0n) is 15.2. The van der Waals surface area contributed by atoms with Crippen LogP contribution in [0.2, 0.25) is 0 Å². The lowest BCUT2D eigenvalue weighted by Gasteiger charge is -2.47. The van der Waals surface area contributed by atoms with E-state index in [0.717, 1.165) is 36.3 Å². The van der Waals surface area contributed by atoms with E-state index >= 15 is 0 Å². The summed E-state index contributed by atoms with van der Waals surface area (Å²) in [6.07, 6.45) is 3.35. The number of hydrogen-bond donors (Lipinski definition) is 0. The number of rotatable bonds is 4. The van der Waals surface area contributed by atoms with Crippen molar-refractivity contribution in [1.82, 2.24) is 14.9 Å². The standard InChI is InChI=1S/C19H20F2N4O2/c1-12(2)25-11-19(17-18(25)23-6-5-22-17)9-24(10-19)16(26)8-27-15-7-13(20)3-4-14(15)21/h3-7,12H,8-11H2,1-2H3. The second-order valence-electron chi connectivity index (χ2n) is 7.34. The van der Waals surface area contributed by atoms with E-state index in [-0.39, 0.29) is 29.7 Å². The second kappa shape index (κ2) is 6.44. The smallest absolute Gasteiger partial charge is 0.260 e. The Balaban J connectivity index is 1.42. The predicted octanol–water partition coefficient (Wildman–Crippen LogP) is 2.14. The fraction of sp³-hybridized carbons (Fsp3) is 0.421. The van der Waals surface area contributed by atoms with Gasteiger partial charge in [-0.15, -0.1) is 0 Å². The molecule has 27 heavy (non-hydrogen) atoms. The molecular weight excluding hydrogens is 354 g/mol. The van der Waals surface area contributed by atoms with Gasteiger partial charge in [0.15, 0.2) is 24.0 Å². The summed E-state index contributed by atoms with van der Waals surface area (Å²) in [5, 5.41) is 0. The van der Waals surface area contributed by atoms with Crippen LogP contribution >= 0.6 is 0 Å². The van der Waals surface area contributed by atoms with Crippen LogP contribution in [0.5, 0.6) is 5.75 Å². The molecule has 1 spiro atoms. The maximum Gasteiger partial charge on any atom is 0.260 e. The number of nitrogens with zero attached hydrogens (tertiary/aromatic N) is 4. The van der Waals surface area contributed by atoms with Gasteiger partial charge in [-0.05, 0) is 26.0 Å². The lowest BCUT2D eigenvalue weighted by molar-refractivity contribution is -0.140. The molecular formula is C19H20F2N4O2. The summed E-state index contributed by atoms with van der Waals surface area (Å²) in [6.45, 7) is 5.64. The van der Waals surface area contributed by atoms with E-state index in [9.17, 15) is 13.6 Å². The van der Waals surface area contributed by atoms with Crippen molar-refractivity contribution in [2.24, 2.45) is 0 Å². The number of carbonyl (C=O) groups excluding carboxylic acids is 1. The molecule has 2 aliphatic rings. The Kier molecular flexibility index (Phi) is 4.20. The molecule has 3 heterocycles. The monoisotopic (exact) mass is 374 g/mol. The molecule has 0 aliphatic carbocycles. The van der Waals surface area contributed by atoms with E-state index < -0.39 is 11.6 Å². The number of anilines is 1. The van der Waals surface area contributed by atoms with Crippen molar-refractivity contribution in [2.75, 3.05) is 31.1 Å². The Hall–Kier alpha value is -2.77. The summed E-state index contributed by atoms with van der Waals surface area (Å²) in [5.74, 6) is -0.967. The fourth-order valence-electron chi connectivity index (χ4n) is 3.75. The molecule has 142 valence electrons. The van der Waals surface area contributed by atoms with Crippen molar-refractivity contribution in [2.45, 2.75) is 25.3 Å². The Labute approximate surface area is 155 Å². The normalized spacial score (nSPS) is 17.2. The quantitative estimate of drug-likeness (QED) is 0.821. The van der Waals surface area contributed by atoms with Crippen LogP contribution in [0.4, 0.5) is 14.6 Å². The SMILES string of the molecule is CC(C)N1CC2(CN(C(=O)COc3cc(F)ccc3F)C2)c2nccnc21. The van der Waals surface area contributed by atoms with Crippen LogP contribution in [-0.2, 0) is 10.2 Å². The second-order valence-corrected chi connectivity index (χ2v) is 7.34. The lowest BCUT2D eigenvalue weighted by atomic mass is 9.78. The molecule has 2 aromatic rings. The van der Waals surface area contributed by atoms with Crippen LogP contribution in [0, 0.1) is 11.6 Å². The van der Waals surface area contributed by atoms with Crippen LogP contribution in [0.15, 0.2) is 30.6 Å². The molecule has 0 bridgehead atoms. The van der Waals surface area contributed by atoms with E-state index in [1.165, 1.54) is 0 Å². The molecule has 0 N–H and O–H groups in total. The first-order chi connectivity index (χ1) is 12.9. The topological polar surface area (TPSA) is 58.6 Å². The average molecular weight is 374 g/mol. The van der Waals surface area contributed by atoms with E-state index in [2.05, 4.69) is 28.7 Å². The van der Waals surface area contributed by atoms with Gasteiger partial charge in [-0.1, -0.05) is 0 Å². The molecule has 8 heteroatoms. The third-order valence-electron chi connectivity index (χ3n) is 5.13. The Morgan fingerprint density at radius 1 is 1.22 bits per heavy atom. The average Bonchev–Trinajstić information content (AvgIpc) is 2.97. The summed E-state index contributed by atoms with van der Waals surface area (Å²) >= 11 is 0. The minimum atomic E-state index is -0.697. The minimum absolute atomic E-state index is 0.229. The number of aromatic nitrogens is 2. The van der Waals surface area contributed by atoms with E-state index in [1.54, 1.807) is 17.3 Å². The molecule has 1 saturated heterocycles. The van der Waals surface area contributed by atoms with Crippen molar-refractivity contribution < 1.29 is 18.3 Å². The Bertz CT molecular complexity index is 884. The number of halogens is 2. The summed E-state index contributed by atoms with van der Waals surface area (Å²) < 4.78 is 32.0. The molecule has 4 rings (SSSR count). The molecule has 0 atom stereocenters. The van der Waals surface area contributed by atoms with Crippen molar-refractivity contribution in [1.29, 1.82) is 0 Å². The first-order valence-electron chi connectivity index (χ1n) is 8.83. The highest BCUT2D eigenvalue weighted by atomic mass is 19.1. The summed E-state index contributed by atoms with van der Waals surface area (Å²) in [6, 6.07) is 3.19. The molecule has 0 unspecified atom stereocenters. The minimum Gasteiger partial charge on any atom is -0.481 e. The number of benzene rings is 1. The predicted molar refractivity (Wildman–Crippen MR) is 94.6 cm³/mol. The fourth-order valence-corrected chi connectivity index (χ4v) is 3.75. The van der Waals surface area contributed by atoms with Gasteiger partial charge in [0.2, 0.25) is 0 Å². The van der Waals surface area contributed by atoms with Gasteiger partial charge in [0.25, 0.3) is 5.91 Å². The highest BCUT2D eigenvalue weighted by Crippen LogP contribution is 2.44. The number of likely N-dealkylation sites (tertiary alicyclic amines) is 1. The maximum atomic E-state index is 13.6. The van der Waals surface area contributed by atoms with Crippen LogP contribution < -0.4 is 9.64 Å². The highest BCUT2D eigenvalue weighted by Gasteiger charge is 2.54. The van der Waals surface area contributed by atoms with Crippen molar-refractivity contribution in [3.8, 4) is 5.75 Å². The first-order valence-corrected chi connectivity index (χ1v) is 8.83. The molecule has 0 saturated carbocycles. The highest BCUT2D eigenvalue weighted by molar-refractivity contribution is 5.80. The van der Waals surface area contributed by atoms with Gasteiger partial charge in [-0.3, -0.25) is 9.78 Å². The Morgan fingerprint density at radius 3 is 2.70 bits per heavy atom. The summed E-state index contributed by atoms with van der Waals surface area (Å²) in [5.41, 5.74) is 0.688. The van der Waals surface area contributed by atoms with Crippen molar-refractivity contribution >= 4 is 11.7 Å². The number of fused-ring (bicyclic) bond motifs is 2. The number of ether oxygens (including phenoxy) is 1. The lowest BCUT2D eigenvalue weighted by Crippen LogP contribution is -2.64. The molecule has 1 amide bonds.